The van der Waals surface area contributed by atoms with Crippen LogP contribution in [0.4, 0.5) is 5.82 Å². The van der Waals surface area contributed by atoms with Gasteiger partial charge in [0.15, 0.2) is 0 Å². The summed E-state index contributed by atoms with van der Waals surface area (Å²) in [5, 5.41) is 0.574. The molecular weight excluding hydrogens is 274 g/mol. The van der Waals surface area contributed by atoms with Crippen molar-refractivity contribution >= 4 is 17.4 Å². The van der Waals surface area contributed by atoms with Crippen molar-refractivity contribution in [1.82, 2.24) is 9.97 Å². The Kier molecular flexibility index (Phi) is 7.85. The second-order valence-corrected chi connectivity index (χ2v) is 5.23. The van der Waals surface area contributed by atoms with Crippen LogP contribution in [0.2, 0.25) is 5.15 Å². The second kappa shape index (κ2) is 9.14. The summed E-state index contributed by atoms with van der Waals surface area (Å²) in [5.74, 6) is 0.970. The van der Waals surface area contributed by atoms with E-state index in [0.717, 1.165) is 43.6 Å². The van der Waals surface area contributed by atoms with Crippen molar-refractivity contribution in [3.05, 3.63) is 17.0 Å². The topological polar surface area (TPSA) is 38.2 Å². The van der Waals surface area contributed by atoms with Crippen LogP contribution >= 0.6 is 11.6 Å². The van der Waals surface area contributed by atoms with E-state index in [1.807, 2.05) is 0 Å². The molecule has 1 aromatic heterocycles. The van der Waals surface area contributed by atoms with E-state index in [2.05, 4.69) is 35.6 Å². The van der Waals surface area contributed by atoms with Gasteiger partial charge in [0.2, 0.25) is 0 Å². The Hall–Kier alpha value is -0.870. The van der Waals surface area contributed by atoms with Gasteiger partial charge in [-0.15, -0.1) is 0 Å². The first kappa shape index (κ1) is 17.2. The molecule has 0 aliphatic heterocycles. The number of hydrogen-bond donors (Lipinski definition) is 0. The molecule has 0 aliphatic carbocycles. The standard InChI is InChI=1S/C15H26ClN3O/c1-5-8-13-14(16)17-11-18-15(13)19(9-10-20-4)12(6-2)7-3/h11-12H,5-10H2,1-4H3. The second-order valence-electron chi connectivity index (χ2n) is 4.87. The van der Waals surface area contributed by atoms with Gasteiger partial charge in [-0.05, 0) is 19.3 Å². The molecule has 1 heterocycles. The molecule has 0 unspecified atom stereocenters. The summed E-state index contributed by atoms with van der Waals surface area (Å²) < 4.78 is 5.24. The van der Waals surface area contributed by atoms with Crippen LogP contribution in [0.3, 0.4) is 0 Å². The predicted molar refractivity (Wildman–Crippen MR) is 84.6 cm³/mol. The highest BCUT2D eigenvalue weighted by Gasteiger charge is 2.21. The molecule has 20 heavy (non-hydrogen) atoms. The third-order valence-corrected chi connectivity index (χ3v) is 3.89. The molecule has 5 heteroatoms. The molecule has 0 aromatic carbocycles. The van der Waals surface area contributed by atoms with Crippen LogP contribution in [0.25, 0.3) is 0 Å². The first-order chi connectivity index (χ1) is 9.69. The van der Waals surface area contributed by atoms with Gasteiger partial charge < -0.3 is 9.64 Å². The Morgan fingerprint density at radius 1 is 1.25 bits per heavy atom. The van der Waals surface area contributed by atoms with Crippen molar-refractivity contribution in [2.24, 2.45) is 0 Å². The number of rotatable bonds is 9. The highest BCUT2D eigenvalue weighted by atomic mass is 35.5. The number of hydrogen-bond acceptors (Lipinski definition) is 4. The van der Waals surface area contributed by atoms with Gasteiger partial charge in [-0.25, -0.2) is 9.97 Å². The van der Waals surface area contributed by atoms with Crippen molar-refractivity contribution in [3.8, 4) is 0 Å². The minimum atomic E-state index is 0.451. The lowest BCUT2D eigenvalue weighted by Gasteiger charge is -2.33. The minimum absolute atomic E-state index is 0.451. The maximum absolute atomic E-state index is 6.27. The maximum Gasteiger partial charge on any atom is 0.137 e. The minimum Gasteiger partial charge on any atom is -0.383 e. The average molecular weight is 300 g/mol. The van der Waals surface area contributed by atoms with E-state index in [-0.39, 0.29) is 0 Å². The van der Waals surface area contributed by atoms with Gasteiger partial charge in [-0.2, -0.15) is 0 Å². The molecule has 0 fully saturated rings. The van der Waals surface area contributed by atoms with Gasteiger partial charge in [-0.3, -0.25) is 0 Å². The molecule has 0 N–H and O–H groups in total. The van der Waals surface area contributed by atoms with E-state index in [4.69, 9.17) is 16.3 Å². The Bertz CT molecular complexity index is 397. The molecule has 1 rings (SSSR count). The summed E-state index contributed by atoms with van der Waals surface area (Å²) in [6.45, 7) is 8.06. The highest BCUT2D eigenvalue weighted by molar-refractivity contribution is 6.30. The van der Waals surface area contributed by atoms with Gasteiger partial charge >= 0.3 is 0 Å². The number of nitrogens with zero attached hydrogens (tertiary/aromatic N) is 3. The molecule has 0 bridgehead atoms. The fraction of sp³-hybridized carbons (Fsp3) is 0.733. The molecule has 0 spiro atoms. The molecule has 0 amide bonds. The fourth-order valence-corrected chi connectivity index (χ4v) is 2.70. The van der Waals surface area contributed by atoms with Crippen LogP contribution in [0.15, 0.2) is 6.33 Å². The molecular formula is C15H26ClN3O. The Labute approximate surface area is 127 Å². The number of ether oxygens (including phenoxy) is 1. The molecule has 0 saturated heterocycles. The first-order valence-corrected chi connectivity index (χ1v) is 7.82. The van der Waals surface area contributed by atoms with Gasteiger partial charge in [0.05, 0.1) is 6.61 Å². The van der Waals surface area contributed by atoms with E-state index in [0.29, 0.717) is 17.8 Å². The van der Waals surface area contributed by atoms with Crippen molar-refractivity contribution in [1.29, 1.82) is 0 Å². The summed E-state index contributed by atoms with van der Waals surface area (Å²) in [6, 6.07) is 0.451. The monoisotopic (exact) mass is 299 g/mol. The molecule has 0 saturated carbocycles. The number of methoxy groups -OCH3 is 1. The van der Waals surface area contributed by atoms with Gasteiger partial charge in [-0.1, -0.05) is 38.8 Å². The summed E-state index contributed by atoms with van der Waals surface area (Å²) >= 11 is 6.27. The van der Waals surface area contributed by atoms with Crippen LogP contribution in [-0.4, -0.2) is 36.3 Å². The van der Waals surface area contributed by atoms with E-state index in [9.17, 15) is 0 Å². The van der Waals surface area contributed by atoms with Crippen molar-refractivity contribution < 1.29 is 4.74 Å². The summed E-state index contributed by atoms with van der Waals surface area (Å²) in [6.07, 6.45) is 5.64. The normalized spacial score (nSPS) is 11.1. The van der Waals surface area contributed by atoms with Gasteiger partial charge in [0.1, 0.15) is 17.3 Å². The average Bonchev–Trinajstić information content (AvgIpc) is 2.46. The summed E-state index contributed by atoms with van der Waals surface area (Å²) in [7, 11) is 1.73. The van der Waals surface area contributed by atoms with Crippen molar-refractivity contribution in [2.75, 3.05) is 25.2 Å². The largest absolute Gasteiger partial charge is 0.383 e. The van der Waals surface area contributed by atoms with Crippen molar-refractivity contribution in [2.45, 2.75) is 52.5 Å². The lowest BCUT2D eigenvalue weighted by molar-refractivity contribution is 0.202. The van der Waals surface area contributed by atoms with E-state index >= 15 is 0 Å². The number of halogens is 1. The smallest absolute Gasteiger partial charge is 0.137 e. The highest BCUT2D eigenvalue weighted by Crippen LogP contribution is 2.27. The molecule has 114 valence electrons. The zero-order valence-electron chi connectivity index (χ0n) is 13.0. The molecule has 1 aromatic rings. The number of aromatic nitrogens is 2. The van der Waals surface area contributed by atoms with E-state index in [1.54, 1.807) is 13.4 Å². The Morgan fingerprint density at radius 3 is 2.50 bits per heavy atom. The Balaban J connectivity index is 3.14. The zero-order chi connectivity index (χ0) is 15.0. The summed E-state index contributed by atoms with van der Waals surface area (Å²) in [4.78, 5) is 11.0. The van der Waals surface area contributed by atoms with Crippen LogP contribution in [0, 0.1) is 0 Å². The van der Waals surface area contributed by atoms with Crippen LogP contribution in [-0.2, 0) is 11.2 Å². The molecule has 4 nitrogen and oxygen atoms in total. The maximum atomic E-state index is 6.27. The quantitative estimate of drug-likeness (QED) is 0.651. The third-order valence-electron chi connectivity index (χ3n) is 3.56. The van der Waals surface area contributed by atoms with Crippen molar-refractivity contribution in [3.63, 3.8) is 0 Å². The lowest BCUT2D eigenvalue weighted by Crippen LogP contribution is -2.38. The fourth-order valence-electron chi connectivity index (χ4n) is 2.48. The van der Waals surface area contributed by atoms with E-state index in [1.165, 1.54) is 0 Å². The van der Waals surface area contributed by atoms with E-state index < -0.39 is 0 Å². The zero-order valence-corrected chi connectivity index (χ0v) is 13.8. The van der Waals surface area contributed by atoms with Gasteiger partial charge in [0.25, 0.3) is 0 Å². The van der Waals surface area contributed by atoms with Gasteiger partial charge in [0, 0.05) is 25.3 Å². The first-order valence-electron chi connectivity index (χ1n) is 7.44. The lowest BCUT2D eigenvalue weighted by atomic mass is 10.1. The molecule has 0 radical (unpaired) electrons. The van der Waals surface area contributed by atoms with Crippen LogP contribution in [0.5, 0.6) is 0 Å². The SMILES string of the molecule is CCCc1c(Cl)ncnc1N(CCOC)C(CC)CC. The number of anilines is 1. The van der Waals surface area contributed by atoms with Crippen LogP contribution in [0.1, 0.15) is 45.6 Å². The van der Waals surface area contributed by atoms with Crippen LogP contribution < -0.4 is 4.90 Å². The Morgan fingerprint density at radius 2 is 1.95 bits per heavy atom. The molecule has 0 atom stereocenters. The molecule has 0 aliphatic rings. The summed E-state index contributed by atoms with van der Waals surface area (Å²) in [5.41, 5.74) is 1.06. The third kappa shape index (κ3) is 4.32. The predicted octanol–water partition coefficient (Wildman–Crippen LogP) is 3.72.